The first-order valence-corrected chi connectivity index (χ1v) is 7.59. The molecule has 1 atom stereocenters. The highest BCUT2D eigenvalue weighted by Crippen LogP contribution is 2.29. The highest BCUT2D eigenvalue weighted by Gasteiger charge is 2.24. The number of fused-ring (bicyclic) bond motifs is 2. The molecular weight excluding hydrogens is 294 g/mol. The first kappa shape index (κ1) is 13.8. The van der Waals surface area contributed by atoms with E-state index in [2.05, 4.69) is 16.4 Å². The predicted molar refractivity (Wildman–Crippen MR) is 84.3 cm³/mol. The Labute approximate surface area is 131 Å². The van der Waals surface area contributed by atoms with Crippen LogP contribution >= 0.6 is 0 Å². The number of hydrogen-bond donors (Lipinski definition) is 1. The fourth-order valence-electron chi connectivity index (χ4n) is 3.15. The minimum atomic E-state index is -0.722. The number of hydrogen-bond acceptors (Lipinski definition) is 4. The molecule has 1 aliphatic rings. The summed E-state index contributed by atoms with van der Waals surface area (Å²) in [6.45, 7) is 0. The molecule has 6 heteroatoms. The number of nitrogens with one attached hydrogen (secondary N) is 1. The lowest BCUT2D eigenvalue weighted by molar-refractivity contribution is 0.236. The van der Waals surface area contributed by atoms with E-state index < -0.39 is 11.8 Å². The third kappa shape index (κ3) is 2.32. The fraction of sp³-hybridized carbons (Fsp3) is 0.235. The van der Waals surface area contributed by atoms with Crippen molar-refractivity contribution in [1.29, 1.82) is 0 Å². The van der Waals surface area contributed by atoms with Gasteiger partial charge in [0.05, 0.1) is 6.04 Å². The number of nitrogens with zero attached hydrogens (tertiary/aromatic N) is 2. The van der Waals surface area contributed by atoms with Crippen molar-refractivity contribution in [2.45, 2.75) is 25.3 Å². The molecule has 0 saturated heterocycles. The van der Waals surface area contributed by atoms with Crippen molar-refractivity contribution >= 4 is 17.3 Å². The number of rotatable bonds is 1. The summed E-state index contributed by atoms with van der Waals surface area (Å²) in [7, 11) is 0. The van der Waals surface area contributed by atoms with Gasteiger partial charge in [0.25, 0.3) is 0 Å². The molecule has 0 radical (unpaired) electrons. The largest absolute Gasteiger partial charge is 0.429 e. The van der Waals surface area contributed by atoms with Gasteiger partial charge in [-0.3, -0.25) is 0 Å². The molecule has 0 bridgehead atoms. The maximum Gasteiger partial charge on any atom is 0.429 e. The van der Waals surface area contributed by atoms with Crippen LogP contribution in [0, 0.1) is 0 Å². The summed E-state index contributed by atoms with van der Waals surface area (Å²) in [6.07, 6.45) is 4.39. The van der Waals surface area contributed by atoms with Gasteiger partial charge in [-0.25, -0.2) is 14.6 Å². The number of carbonyl (C=O) groups is 1. The molecule has 23 heavy (non-hydrogen) atoms. The maximum atomic E-state index is 12.6. The van der Waals surface area contributed by atoms with Crippen molar-refractivity contribution in [3.63, 3.8) is 0 Å². The van der Waals surface area contributed by atoms with Gasteiger partial charge in [-0.1, -0.05) is 24.3 Å². The Morgan fingerprint density at radius 3 is 3.04 bits per heavy atom. The van der Waals surface area contributed by atoms with Gasteiger partial charge in [-0.2, -0.15) is 4.57 Å². The first-order chi connectivity index (χ1) is 11.2. The van der Waals surface area contributed by atoms with Gasteiger partial charge >= 0.3 is 11.8 Å². The molecule has 1 N–H and O–H groups in total. The van der Waals surface area contributed by atoms with E-state index in [0.717, 1.165) is 29.4 Å². The molecule has 1 aromatic carbocycles. The fourth-order valence-corrected chi connectivity index (χ4v) is 3.15. The Morgan fingerprint density at radius 2 is 2.13 bits per heavy atom. The van der Waals surface area contributed by atoms with Gasteiger partial charge in [0, 0.05) is 6.20 Å². The van der Waals surface area contributed by atoms with Crippen LogP contribution in [0.1, 0.15) is 30.0 Å². The second-order valence-corrected chi connectivity index (χ2v) is 5.62. The van der Waals surface area contributed by atoms with Crippen molar-refractivity contribution in [2.24, 2.45) is 0 Å². The Bertz CT molecular complexity index is 941. The molecule has 1 aliphatic carbocycles. The number of benzene rings is 1. The topological polar surface area (TPSA) is 77.1 Å². The minimum Gasteiger partial charge on any atom is -0.406 e. The van der Waals surface area contributed by atoms with Crippen LogP contribution in [0.15, 0.2) is 51.8 Å². The van der Waals surface area contributed by atoms with E-state index in [1.807, 2.05) is 18.2 Å². The number of aryl methyl sites for hydroxylation is 1. The van der Waals surface area contributed by atoms with Crippen LogP contribution < -0.4 is 11.1 Å². The molecule has 2 aromatic heterocycles. The van der Waals surface area contributed by atoms with Crippen LogP contribution in [-0.4, -0.2) is 15.6 Å². The molecule has 0 saturated carbocycles. The Kier molecular flexibility index (Phi) is 3.22. The van der Waals surface area contributed by atoms with Gasteiger partial charge in [0.1, 0.15) is 0 Å². The van der Waals surface area contributed by atoms with E-state index in [1.54, 1.807) is 12.1 Å². The van der Waals surface area contributed by atoms with E-state index in [4.69, 9.17) is 4.42 Å². The number of carbonyl (C=O) groups excluding carboxylic acids is 1. The van der Waals surface area contributed by atoms with Crippen LogP contribution in [0.5, 0.6) is 0 Å². The second kappa shape index (κ2) is 5.39. The SMILES string of the molecule is O=C(NC1CCCc2ccccc21)n1c(=O)oc2cccnc21. The zero-order valence-corrected chi connectivity index (χ0v) is 12.4. The highest BCUT2D eigenvalue weighted by atomic mass is 16.4. The summed E-state index contributed by atoms with van der Waals surface area (Å²) in [6, 6.07) is 10.7. The molecule has 2 heterocycles. The molecule has 4 rings (SSSR count). The van der Waals surface area contributed by atoms with Crippen LogP contribution in [0.4, 0.5) is 4.79 Å². The molecule has 116 valence electrons. The first-order valence-electron chi connectivity index (χ1n) is 7.59. The van der Waals surface area contributed by atoms with Gasteiger partial charge in [-0.05, 0) is 42.5 Å². The lowest BCUT2D eigenvalue weighted by Crippen LogP contribution is -2.38. The predicted octanol–water partition coefficient (Wildman–Crippen LogP) is 2.62. The van der Waals surface area contributed by atoms with Crippen LogP contribution in [0.3, 0.4) is 0 Å². The van der Waals surface area contributed by atoms with Crippen molar-refractivity contribution in [1.82, 2.24) is 14.9 Å². The van der Waals surface area contributed by atoms with Crippen LogP contribution in [-0.2, 0) is 6.42 Å². The Balaban J connectivity index is 1.69. The number of aromatic nitrogens is 2. The van der Waals surface area contributed by atoms with E-state index in [9.17, 15) is 9.59 Å². The maximum absolute atomic E-state index is 12.6. The van der Waals surface area contributed by atoms with E-state index in [-0.39, 0.29) is 11.7 Å². The van der Waals surface area contributed by atoms with Crippen LogP contribution in [0.25, 0.3) is 11.2 Å². The summed E-state index contributed by atoms with van der Waals surface area (Å²) < 4.78 is 6.01. The van der Waals surface area contributed by atoms with Gasteiger partial charge in [0.2, 0.25) is 0 Å². The normalized spacial score (nSPS) is 17.0. The molecule has 1 unspecified atom stereocenters. The quantitative estimate of drug-likeness (QED) is 0.749. The van der Waals surface area contributed by atoms with Crippen molar-refractivity contribution in [3.05, 3.63) is 64.3 Å². The molecule has 3 aromatic rings. The highest BCUT2D eigenvalue weighted by molar-refractivity contribution is 5.86. The summed E-state index contributed by atoms with van der Waals surface area (Å²) in [5, 5.41) is 2.93. The molecule has 1 amide bonds. The third-order valence-electron chi connectivity index (χ3n) is 4.21. The molecule has 0 spiro atoms. The summed E-state index contributed by atoms with van der Waals surface area (Å²) in [5.74, 6) is -0.722. The second-order valence-electron chi connectivity index (χ2n) is 5.62. The summed E-state index contributed by atoms with van der Waals surface area (Å²) >= 11 is 0. The lowest BCUT2D eigenvalue weighted by Gasteiger charge is -2.26. The van der Waals surface area contributed by atoms with Gasteiger partial charge in [0.15, 0.2) is 11.2 Å². The van der Waals surface area contributed by atoms with Gasteiger partial charge < -0.3 is 9.73 Å². The standard InChI is InChI=1S/C17H15N3O3/c21-16(20-15-14(23-17(20)22)9-4-10-18-15)19-13-8-3-6-11-5-1-2-7-12(11)13/h1-2,4-5,7,9-10,13H,3,6,8H2,(H,19,21). The van der Waals surface area contributed by atoms with Crippen molar-refractivity contribution < 1.29 is 9.21 Å². The van der Waals surface area contributed by atoms with Crippen molar-refractivity contribution in [2.75, 3.05) is 0 Å². The number of oxazole rings is 1. The molecule has 0 aliphatic heterocycles. The number of amides is 1. The lowest BCUT2D eigenvalue weighted by atomic mass is 9.88. The number of pyridine rings is 1. The molecular formula is C17H15N3O3. The zero-order valence-electron chi connectivity index (χ0n) is 12.4. The monoisotopic (exact) mass is 309 g/mol. The molecule has 0 fully saturated rings. The van der Waals surface area contributed by atoms with Crippen molar-refractivity contribution in [3.8, 4) is 0 Å². The average molecular weight is 309 g/mol. The van der Waals surface area contributed by atoms with E-state index in [1.165, 1.54) is 11.8 Å². The average Bonchev–Trinajstić information content (AvgIpc) is 2.91. The summed E-state index contributed by atoms with van der Waals surface area (Å²) in [5.41, 5.74) is 2.89. The van der Waals surface area contributed by atoms with E-state index in [0.29, 0.717) is 5.58 Å². The smallest absolute Gasteiger partial charge is 0.406 e. The Hall–Kier alpha value is -2.89. The Morgan fingerprint density at radius 1 is 1.26 bits per heavy atom. The third-order valence-corrected chi connectivity index (χ3v) is 4.21. The van der Waals surface area contributed by atoms with Gasteiger partial charge in [-0.15, -0.1) is 0 Å². The zero-order chi connectivity index (χ0) is 15.8. The van der Waals surface area contributed by atoms with E-state index >= 15 is 0 Å². The molecule has 6 nitrogen and oxygen atoms in total. The van der Waals surface area contributed by atoms with Crippen LogP contribution in [0.2, 0.25) is 0 Å². The minimum absolute atomic E-state index is 0.104. The summed E-state index contributed by atoms with van der Waals surface area (Å²) in [4.78, 5) is 28.6.